The molecule has 0 aliphatic carbocycles. The van der Waals surface area contributed by atoms with E-state index in [1.165, 1.54) is 18.2 Å². The Kier molecular flexibility index (Phi) is 8.52. The molecule has 0 saturated heterocycles. The van der Waals surface area contributed by atoms with Gasteiger partial charge < -0.3 is 5.32 Å². The second kappa shape index (κ2) is 11.4. The lowest BCUT2D eigenvalue weighted by Crippen LogP contribution is -2.20. The normalized spacial score (nSPS) is 12.0. The minimum Gasteiger partial charge on any atom is -0.348 e. The molecule has 3 aromatic rings. The van der Waals surface area contributed by atoms with Gasteiger partial charge in [0.15, 0.2) is 0 Å². The van der Waals surface area contributed by atoms with Crippen molar-refractivity contribution in [1.29, 1.82) is 0 Å². The number of benzene rings is 2. The second-order valence-corrected chi connectivity index (χ2v) is 10.0. The molecule has 0 aliphatic heterocycles. The van der Waals surface area contributed by atoms with E-state index < -0.39 is 27.8 Å². The Morgan fingerprint density at radius 1 is 1.00 bits per heavy atom. The molecule has 0 fully saturated rings. The van der Waals surface area contributed by atoms with Gasteiger partial charge in [0.2, 0.25) is 15.9 Å². The highest BCUT2D eigenvalue weighted by Crippen LogP contribution is 2.29. The molecule has 0 radical (unpaired) electrons. The zero-order valence-electron chi connectivity index (χ0n) is 19.8. The molecule has 0 atom stereocenters. The molecule has 0 bridgehead atoms. The fraction of sp³-hybridized carbons (Fsp3) is 0.231. The first kappa shape index (κ1) is 26.9. The predicted molar refractivity (Wildman–Crippen MR) is 134 cm³/mol. The summed E-state index contributed by atoms with van der Waals surface area (Å²) in [5.41, 5.74) is 2.58. The third-order valence-corrected chi connectivity index (χ3v) is 5.85. The number of anilines is 1. The highest BCUT2D eigenvalue weighted by Gasteiger charge is 2.32. The van der Waals surface area contributed by atoms with Crippen LogP contribution in [-0.4, -0.2) is 25.6 Å². The smallest absolute Gasteiger partial charge is 0.348 e. The first-order valence-corrected chi connectivity index (χ1v) is 12.9. The molecule has 1 heterocycles. The van der Waals surface area contributed by atoms with E-state index in [4.69, 9.17) is 0 Å². The number of aromatic nitrogens is 1. The van der Waals surface area contributed by atoms with Gasteiger partial charge in [-0.15, -0.1) is 0 Å². The molecule has 2 N–H and O–H groups in total. The van der Waals surface area contributed by atoms with Gasteiger partial charge in [-0.2, -0.15) is 13.2 Å². The van der Waals surface area contributed by atoms with Gasteiger partial charge in [-0.25, -0.2) is 13.4 Å². The fourth-order valence-electron chi connectivity index (χ4n) is 3.49. The van der Waals surface area contributed by atoms with Crippen LogP contribution in [0.25, 0.3) is 6.08 Å². The number of sulfonamides is 1. The van der Waals surface area contributed by atoms with Crippen LogP contribution < -0.4 is 10.0 Å². The Morgan fingerprint density at radius 2 is 1.72 bits per heavy atom. The lowest BCUT2D eigenvalue weighted by atomic mass is 10.0. The minimum absolute atomic E-state index is 0.190. The number of carbonyl (C=O) groups is 1. The molecular weight excluding hydrogens is 491 g/mol. The fourth-order valence-corrected chi connectivity index (χ4v) is 4.12. The van der Waals surface area contributed by atoms with E-state index in [2.05, 4.69) is 15.0 Å². The van der Waals surface area contributed by atoms with Gasteiger partial charge in [0.25, 0.3) is 0 Å². The lowest BCUT2D eigenvalue weighted by molar-refractivity contribution is -0.141. The van der Waals surface area contributed by atoms with E-state index in [0.29, 0.717) is 23.2 Å². The molecule has 0 aliphatic rings. The Hall–Kier alpha value is -3.66. The Labute approximate surface area is 208 Å². The summed E-state index contributed by atoms with van der Waals surface area (Å²) in [5, 5.41) is 2.71. The van der Waals surface area contributed by atoms with E-state index in [1.807, 2.05) is 30.3 Å². The lowest BCUT2D eigenvalue weighted by Gasteiger charge is -2.11. The second-order valence-electron chi connectivity index (χ2n) is 8.29. The van der Waals surface area contributed by atoms with Crippen LogP contribution in [0.1, 0.15) is 33.6 Å². The van der Waals surface area contributed by atoms with Crippen molar-refractivity contribution in [3.05, 3.63) is 100 Å². The highest BCUT2D eigenvalue weighted by atomic mass is 32.2. The third kappa shape index (κ3) is 8.23. The van der Waals surface area contributed by atoms with Crippen LogP contribution in [0.2, 0.25) is 0 Å². The van der Waals surface area contributed by atoms with Gasteiger partial charge in [-0.05, 0) is 60.2 Å². The van der Waals surface area contributed by atoms with Gasteiger partial charge in [0.1, 0.15) is 5.69 Å². The number of halogens is 3. The summed E-state index contributed by atoms with van der Waals surface area (Å²) in [6.45, 7) is 1.93. The molecular formula is C26H26F3N3O3S. The van der Waals surface area contributed by atoms with Crippen molar-refractivity contribution in [2.45, 2.75) is 32.5 Å². The largest absolute Gasteiger partial charge is 0.433 e. The number of nitrogens with zero attached hydrogens (tertiary/aromatic N) is 1. The first-order valence-electron chi connectivity index (χ1n) is 11.0. The monoisotopic (exact) mass is 517 g/mol. The first-order chi connectivity index (χ1) is 16.9. The molecule has 3 rings (SSSR count). The number of alkyl halides is 3. The summed E-state index contributed by atoms with van der Waals surface area (Å²) < 4.78 is 64.8. The van der Waals surface area contributed by atoms with Crippen LogP contribution in [0.15, 0.2) is 66.7 Å². The summed E-state index contributed by atoms with van der Waals surface area (Å²) in [6, 6.07) is 16.6. The molecule has 2 aromatic carbocycles. The average molecular weight is 518 g/mol. The van der Waals surface area contributed by atoms with Crippen molar-refractivity contribution in [1.82, 2.24) is 10.3 Å². The van der Waals surface area contributed by atoms with Crippen LogP contribution in [0.3, 0.4) is 0 Å². The molecule has 190 valence electrons. The van der Waals surface area contributed by atoms with Crippen LogP contribution >= 0.6 is 0 Å². The minimum atomic E-state index is -4.56. The number of nitrogens with one attached hydrogen (secondary N) is 2. The number of amides is 1. The van der Waals surface area contributed by atoms with Crippen molar-refractivity contribution >= 4 is 27.7 Å². The highest BCUT2D eigenvalue weighted by molar-refractivity contribution is 7.92. The van der Waals surface area contributed by atoms with E-state index in [1.54, 1.807) is 25.1 Å². The SMILES string of the molecule is Cc1cc(CNC(=O)/C=C/c2ccc(C(F)(F)F)nc2CCc2ccccc2)ccc1NS(C)(=O)=O. The van der Waals surface area contributed by atoms with Gasteiger partial charge in [0.05, 0.1) is 11.9 Å². The summed E-state index contributed by atoms with van der Waals surface area (Å²) >= 11 is 0. The van der Waals surface area contributed by atoms with Crippen molar-refractivity contribution < 1.29 is 26.4 Å². The predicted octanol–water partition coefficient (Wildman–Crippen LogP) is 4.90. The molecule has 1 aromatic heterocycles. The Balaban J connectivity index is 1.69. The number of carbonyl (C=O) groups excluding carboxylic acids is 1. The van der Waals surface area contributed by atoms with E-state index in [9.17, 15) is 26.4 Å². The van der Waals surface area contributed by atoms with Crippen molar-refractivity contribution in [2.24, 2.45) is 0 Å². The van der Waals surface area contributed by atoms with E-state index in [0.717, 1.165) is 23.4 Å². The maximum Gasteiger partial charge on any atom is 0.433 e. The molecule has 36 heavy (non-hydrogen) atoms. The molecule has 10 heteroatoms. The third-order valence-electron chi connectivity index (χ3n) is 5.26. The Bertz CT molecular complexity index is 1360. The molecule has 6 nitrogen and oxygen atoms in total. The quantitative estimate of drug-likeness (QED) is 0.396. The number of hydrogen-bond acceptors (Lipinski definition) is 4. The number of hydrogen-bond donors (Lipinski definition) is 2. The van der Waals surface area contributed by atoms with Crippen LogP contribution in [0, 0.1) is 6.92 Å². The average Bonchev–Trinajstić information content (AvgIpc) is 2.81. The van der Waals surface area contributed by atoms with Crippen LogP contribution in [0.4, 0.5) is 18.9 Å². The van der Waals surface area contributed by atoms with Gasteiger partial charge in [0, 0.05) is 18.3 Å². The summed E-state index contributed by atoms with van der Waals surface area (Å²) in [4.78, 5) is 16.2. The van der Waals surface area contributed by atoms with E-state index >= 15 is 0 Å². The number of pyridine rings is 1. The molecule has 1 amide bonds. The summed E-state index contributed by atoms with van der Waals surface area (Å²) in [6.07, 6.45) is -0.0121. The maximum atomic E-state index is 13.2. The summed E-state index contributed by atoms with van der Waals surface area (Å²) in [5.74, 6) is -0.431. The molecule has 0 saturated carbocycles. The summed E-state index contributed by atoms with van der Waals surface area (Å²) in [7, 11) is -3.40. The van der Waals surface area contributed by atoms with Crippen molar-refractivity contribution in [2.75, 3.05) is 11.0 Å². The van der Waals surface area contributed by atoms with Gasteiger partial charge in [-0.3, -0.25) is 9.52 Å². The number of aryl methyl sites for hydroxylation is 3. The van der Waals surface area contributed by atoms with Crippen LogP contribution in [-0.2, 0) is 40.4 Å². The number of rotatable bonds is 9. The van der Waals surface area contributed by atoms with Crippen molar-refractivity contribution in [3.8, 4) is 0 Å². The van der Waals surface area contributed by atoms with E-state index in [-0.39, 0.29) is 18.7 Å². The molecule has 0 unspecified atom stereocenters. The van der Waals surface area contributed by atoms with Crippen molar-refractivity contribution in [3.63, 3.8) is 0 Å². The maximum absolute atomic E-state index is 13.2. The topological polar surface area (TPSA) is 88.2 Å². The zero-order valence-corrected chi connectivity index (χ0v) is 20.6. The Morgan fingerprint density at radius 3 is 2.36 bits per heavy atom. The standard InChI is InChI=1S/C26H26F3N3O3S/c1-18-16-20(9-12-22(18)32-36(2,34)35)17-30-25(33)15-11-21-10-14-24(26(27,28)29)31-23(21)13-8-19-6-4-3-5-7-19/h3-7,9-12,14-16,32H,8,13,17H2,1-2H3,(H,30,33)/b15-11+. The zero-order chi connectivity index (χ0) is 26.3. The molecule has 0 spiro atoms. The van der Waals surface area contributed by atoms with Crippen LogP contribution in [0.5, 0.6) is 0 Å². The van der Waals surface area contributed by atoms with Gasteiger partial charge in [-0.1, -0.05) is 48.5 Å². The van der Waals surface area contributed by atoms with Gasteiger partial charge >= 0.3 is 6.18 Å².